The first-order valence-electron chi connectivity index (χ1n) is 7.33. The number of methoxy groups -OCH3 is 2. The van der Waals surface area contributed by atoms with Gasteiger partial charge < -0.3 is 14.4 Å². The third-order valence-electron chi connectivity index (χ3n) is 4.21. The SMILES string of the molecule is COC(CN(C)CC1CCC(Cl)c2c1ccc(Cl)c2Cl)OC. The lowest BCUT2D eigenvalue weighted by Crippen LogP contribution is -2.35. The predicted octanol–water partition coefficient (Wildman–Crippen LogP) is 4.70. The zero-order valence-corrected chi connectivity index (χ0v) is 15.4. The van der Waals surface area contributed by atoms with Crippen molar-refractivity contribution < 1.29 is 9.47 Å². The van der Waals surface area contributed by atoms with Gasteiger partial charge in [0.2, 0.25) is 0 Å². The van der Waals surface area contributed by atoms with Gasteiger partial charge in [-0.2, -0.15) is 0 Å². The number of alkyl halides is 1. The van der Waals surface area contributed by atoms with Gasteiger partial charge in [0, 0.05) is 27.3 Å². The van der Waals surface area contributed by atoms with E-state index in [1.807, 2.05) is 6.07 Å². The van der Waals surface area contributed by atoms with Crippen LogP contribution in [0.4, 0.5) is 0 Å². The number of fused-ring (bicyclic) bond motifs is 1. The molecule has 1 aliphatic carbocycles. The molecule has 22 heavy (non-hydrogen) atoms. The Bertz CT molecular complexity index is 508. The first kappa shape index (κ1) is 18.3. The topological polar surface area (TPSA) is 21.7 Å². The summed E-state index contributed by atoms with van der Waals surface area (Å²) in [4.78, 5) is 2.21. The monoisotopic (exact) mass is 365 g/mol. The molecule has 1 aromatic carbocycles. The summed E-state index contributed by atoms with van der Waals surface area (Å²) in [5, 5.41) is 1.10. The summed E-state index contributed by atoms with van der Waals surface area (Å²) >= 11 is 19.0. The second-order valence-electron chi connectivity index (χ2n) is 5.73. The molecule has 3 nitrogen and oxygen atoms in total. The minimum atomic E-state index is -0.220. The fraction of sp³-hybridized carbons (Fsp3) is 0.625. The average Bonchev–Trinajstić information content (AvgIpc) is 2.50. The van der Waals surface area contributed by atoms with Crippen molar-refractivity contribution in [1.29, 1.82) is 0 Å². The van der Waals surface area contributed by atoms with Crippen LogP contribution < -0.4 is 0 Å². The van der Waals surface area contributed by atoms with Gasteiger partial charge in [-0.15, -0.1) is 11.6 Å². The number of nitrogens with zero attached hydrogens (tertiary/aromatic N) is 1. The van der Waals surface area contributed by atoms with Gasteiger partial charge in [-0.1, -0.05) is 29.3 Å². The fourth-order valence-electron chi connectivity index (χ4n) is 3.04. The maximum atomic E-state index is 6.46. The lowest BCUT2D eigenvalue weighted by atomic mass is 9.82. The van der Waals surface area contributed by atoms with Gasteiger partial charge in [0.05, 0.1) is 15.4 Å². The lowest BCUT2D eigenvalue weighted by molar-refractivity contribution is -0.114. The molecule has 0 amide bonds. The molecule has 2 rings (SSSR count). The van der Waals surface area contributed by atoms with E-state index in [4.69, 9.17) is 44.3 Å². The van der Waals surface area contributed by atoms with Crippen molar-refractivity contribution in [3.63, 3.8) is 0 Å². The molecule has 0 radical (unpaired) electrons. The number of likely N-dealkylation sites (N-methyl/N-ethyl adjacent to an activating group) is 1. The Kier molecular flexibility index (Phi) is 6.81. The van der Waals surface area contributed by atoms with E-state index in [1.165, 1.54) is 5.56 Å². The standard InChI is InChI=1S/C16H22Cl3NO2/c1-20(9-14(21-2)22-3)8-10-4-6-12(17)15-11(10)5-7-13(18)16(15)19/h5,7,10,12,14H,4,6,8-9H2,1-3H3. The lowest BCUT2D eigenvalue weighted by Gasteiger charge is -2.33. The Hall–Kier alpha value is -0.0300. The summed E-state index contributed by atoms with van der Waals surface area (Å²) in [7, 11) is 5.37. The molecule has 0 heterocycles. The predicted molar refractivity (Wildman–Crippen MR) is 92.3 cm³/mol. The van der Waals surface area contributed by atoms with Crippen molar-refractivity contribution in [2.75, 3.05) is 34.4 Å². The molecule has 2 atom stereocenters. The molecule has 0 saturated carbocycles. The molecule has 0 bridgehead atoms. The molecule has 2 unspecified atom stereocenters. The molecule has 124 valence electrons. The molecule has 1 aromatic rings. The van der Waals surface area contributed by atoms with Gasteiger partial charge in [-0.3, -0.25) is 0 Å². The number of hydrogen-bond donors (Lipinski definition) is 0. The summed E-state index contributed by atoms with van der Waals surface area (Å²) in [6.45, 7) is 1.61. The molecule has 0 saturated heterocycles. The van der Waals surface area contributed by atoms with Crippen molar-refractivity contribution in [1.82, 2.24) is 4.90 Å². The van der Waals surface area contributed by atoms with E-state index >= 15 is 0 Å². The Morgan fingerprint density at radius 2 is 1.91 bits per heavy atom. The van der Waals surface area contributed by atoms with E-state index in [0.717, 1.165) is 24.9 Å². The summed E-state index contributed by atoms with van der Waals surface area (Å²) in [6.07, 6.45) is 1.72. The van der Waals surface area contributed by atoms with Crippen molar-refractivity contribution in [3.05, 3.63) is 33.3 Å². The van der Waals surface area contributed by atoms with Crippen LogP contribution in [0.25, 0.3) is 0 Å². The van der Waals surface area contributed by atoms with E-state index < -0.39 is 0 Å². The van der Waals surface area contributed by atoms with Gasteiger partial charge >= 0.3 is 0 Å². The van der Waals surface area contributed by atoms with Crippen molar-refractivity contribution in [3.8, 4) is 0 Å². The van der Waals surface area contributed by atoms with Crippen molar-refractivity contribution in [2.45, 2.75) is 30.4 Å². The van der Waals surface area contributed by atoms with Crippen LogP contribution in [0, 0.1) is 0 Å². The highest BCUT2D eigenvalue weighted by molar-refractivity contribution is 6.43. The van der Waals surface area contributed by atoms with Gasteiger partial charge in [0.1, 0.15) is 0 Å². The van der Waals surface area contributed by atoms with Crippen LogP contribution >= 0.6 is 34.8 Å². The van der Waals surface area contributed by atoms with Gasteiger partial charge in [0.25, 0.3) is 0 Å². The zero-order chi connectivity index (χ0) is 16.3. The molecule has 0 aromatic heterocycles. The third-order valence-corrected chi connectivity index (χ3v) is 5.46. The van der Waals surface area contributed by atoms with Crippen LogP contribution in [0.1, 0.15) is 35.3 Å². The van der Waals surface area contributed by atoms with Crippen LogP contribution in [0.15, 0.2) is 12.1 Å². The molecule has 6 heteroatoms. The van der Waals surface area contributed by atoms with Crippen LogP contribution in [-0.4, -0.2) is 45.5 Å². The minimum Gasteiger partial charge on any atom is -0.355 e. The molecular formula is C16H22Cl3NO2. The maximum absolute atomic E-state index is 6.46. The number of hydrogen-bond acceptors (Lipinski definition) is 3. The van der Waals surface area contributed by atoms with Crippen LogP contribution in [-0.2, 0) is 9.47 Å². The maximum Gasteiger partial charge on any atom is 0.169 e. The van der Waals surface area contributed by atoms with E-state index in [1.54, 1.807) is 14.2 Å². The summed E-state index contributed by atoms with van der Waals surface area (Å²) < 4.78 is 10.5. The van der Waals surface area contributed by atoms with Gasteiger partial charge in [-0.25, -0.2) is 0 Å². The van der Waals surface area contributed by atoms with E-state index in [2.05, 4.69) is 18.0 Å². The van der Waals surface area contributed by atoms with Gasteiger partial charge in [0.15, 0.2) is 6.29 Å². The number of ether oxygens (including phenoxy) is 2. The first-order valence-corrected chi connectivity index (χ1v) is 8.53. The van der Waals surface area contributed by atoms with E-state index in [0.29, 0.717) is 22.5 Å². The molecular weight excluding hydrogens is 345 g/mol. The Morgan fingerprint density at radius 3 is 2.55 bits per heavy atom. The normalized spacial score (nSPS) is 21.5. The summed E-state index contributed by atoms with van der Waals surface area (Å²) in [6, 6.07) is 3.92. The second-order valence-corrected chi connectivity index (χ2v) is 7.04. The molecule has 0 spiro atoms. The summed E-state index contributed by atoms with van der Waals surface area (Å²) in [5.41, 5.74) is 2.20. The van der Waals surface area contributed by atoms with Crippen LogP contribution in [0.2, 0.25) is 10.0 Å². The number of rotatable bonds is 6. The first-order chi connectivity index (χ1) is 10.5. The Morgan fingerprint density at radius 1 is 1.23 bits per heavy atom. The van der Waals surface area contributed by atoms with E-state index in [9.17, 15) is 0 Å². The van der Waals surface area contributed by atoms with Gasteiger partial charge in [-0.05, 0) is 43.0 Å². The third kappa shape index (κ3) is 4.08. The highest BCUT2D eigenvalue weighted by Crippen LogP contribution is 2.46. The summed E-state index contributed by atoms with van der Waals surface area (Å²) in [5.74, 6) is 0.388. The Balaban J connectivity index is 2.15. The van der Waals surface area contributed by atoms with Crippen LogP contribution in [0.3, 0.4) is 0 Å². The number of halogens is 3. The number of benzene rings is 1. The highest BCUT2D eigenvalue weighted by atomic mass is 35.5. The fourth-order valence-corrected chi connectivity index (χ4v) is 3.93. The molecule has 0 aliphatic heterocycles. The van der Waals surface area contributed by atoms with Crippen LogP contribution in [0.5, 0.6) is 0 Å². The van der Waals surface area contributed by atoms with Crippen molar-refractivity contribution in [2.24, 2.45) is 0 Å². The van der Waals surface area contributed by atoms with E-state index in [-0.39, 0.29) is 11.7 Å². The Labute approximate surface area is 147 Å². The zero-order valence-electron chi connectivity index (χ0n) is 13.1. The quantitative estimate of drug-likeness (QED) is 0.538. The molecule has 0 fully saturated rings. The minimum absolute atomic E-state index is 0.0616. The highest BCUT2D eigenvalue weighted by Gasteiger charge is 2.29. The average molecular weight is 367 g/mol. The molecule has 1 aliphatic rings. The molecule has 0 N–H and O–H groups in total. The van der Waals surface area contributed by atoms with Crippen molar-refractivity contribution >= 4 is 34.8 Å². The largest absolute Gasteiger partial charge is 0.355 e. The smallest absolute Gasteiger partial charge is 0.169 e. The second kappa shape index (κ2) is 8.18.